The topological polar surface area (TPSA) is 3.24 Å². The quantitative estimate of drug-likeness (QED) is 0.144. The number of fused-ring (bicyclic) bond motifs is 9. The van der Waals surface area contributed by atoms with Gasteiger partial charge >= 0.3 is 0 Å². The molecule has 1 heterocycles. The molecule has 1 nitrogen and oxygen atoms in total. The van der Waals surface area contributed by atoms with E-state index in [9.17, 15) is 0 Å². The summed E-state index contributed by atoms with van der Waals surface area (Å²) in [6.45, 7) is 0. The van der Waals surface area contributed by atoms with Crippen molar-refractivity contribution in [1.82, 2.24) is 0 Å². The highest BCUT2D eigenvalue weighted by Gasteiger charge is 2.21. The van der Waals surface area contributed by atoms with E-state index in [2.05, 4.69) is 254 Å². The normalized spacial score (nSPS) is 11.6. The second kappa shape index (κ2) is 15.7. The van der Waals surface area contributed by atoms with Crippen molar-refractivity contribution in [3.63, 3.8) is 0 Å². The first kappa shape index (κ1) is 38.2. The van der Waals surface area contributed by atoms with Gasteiger partial charge in [-0.15, -0.1) is 11.3 Å². The molecule has 13 aromatic rings. The lowest BCUT2D eigenvalue weighted by Crippen LogP contribution is -2.10. The van der Waals surface area contributed by atoms with Gasteiger partial charge in [-0.1, -0.05) is 206 Å². The van der Waals surface area contributed by atoms with Gasteiger partial charge in [-0.3, -0.25) is 0 Å². The van der Waals surface area contributed by atoms with Crippen LogP contribution in [0.3, 0.4) is 0 Å². The lowest BCUT2D eigenvalue weighted by molar-refractivity contribution is 1.30. The third-order valence-electron chi connectivity index (χ3n) is 13.4. The Labute approximate surface area is 387 Å². The Kier molecular flexibility index (Phi) is 9.11. The average molecular weight is 856 g/mol. The van der Waals surface area contributed by atoms with Gasteiger partial charge in [-0.25, -0.2) is 0 Å². The van der Waals surface area contributed by atoms with Crippen LogP contribution in [0.25, 0.3) is 108 Å². The van der Waals surface area contributed by atoms with Crippen LogP contribution in [0.4, 0.5) is 17.1 Å². The predicted molar refractivity (Wildman–Crippen MR) is 286 cm³/mol. The summed E-state index contributed by atoms with van der Waals surface area (Å²) in [6, 6.07) is 91.6. The molecule has 308 valence electrons. The van der Waals surface area contributed by atoms with Crippen LogP contribution in [-0.4, -0.2) is 0 Å². The Morgan fingerprint density at radius 2 is 0.788 bits per heavy atom. The van der Waals surface area contributed by atoms with Crippen LogP contribution in [0.1, 0.15) is 0 Å². The maximum absolute atomic E-state index is 2.46. The van der Waals surface area contributed by atoms with Crippen molar-refractivity contribution in [2.24, 2.45) is 0 Å². The molecule has 66 heavy (non-hydrogen) atoms. The highest BCUT2D eigenvalue weighted by atomic mass is 32.1. The summed E-state index contributed by atoms with van der Waals surface area (Å²) >= 11 is 1.88. The lowest BCUT2D eigenvalue weighted by Gasteiger charge is -2.28. The first-order chi connectivity index (χ1) is 32.7. The van der Waals surface area contributed by atoms with E-state index in [4.69, 9.17) is 0 Å². The van der Waals surface area contributed by atoms with Crippen molar-refractivity contribution in [1.29, 1.82) is 0 Å². The largest absolute Gasteiger partial charge is 0.310 e. The number of anilines is 3. The summed E-state index contributed by atoms with van der Waals surface area (Å²) < 4.78 is 2.63. The van der Waals surface area contributed by atoms with Crippen molar-refractivity contribution >= 4 is 91.7 Å². The minimum Gasteiger partial charge on any atom is -0.310 e. The molecule has 0 aliphatic heterocycles. The third kappa shape index (κ3) is 6.30. The smallest absolute Gasteiger partial charge is 0.0540 e. The molecule has 0 unspecified atom stereocenters. The fraction of sp³-hybridized carbons (Fsp3) is 0. The van der Waals surface area contributed by atoms with Crippen LogP contribution in [-0.2, 0) is 0 Å². The molecule has 2 heteroatoms. The second-order valence-electron chi connectivity index (χ2n) is 17.2. The van der Waals surface area contributed by atoms with E-state index in [1.165, 1.54) is 102 Å². The van der Waals surface area contributed by atoms with Gasteiger partial charge in [0.05, 0.1) is 5.69 Å². The summed E-state index contributed by atoms with van der Waals surface area (Å²) in [5, 5.41) is 12.6. The molecular formula is C64H41NS. The molecule has 0 spiro atoms. The molecule has 0 saturated heterocycles. The molecule has 0 aliphatic rings. The number of thiophene rings is 1. The van der Waals surface area contributed by atoms with Crippen LogP contribution in [0.2, 0.25) is 0 Å². The van der Waals surface area contributed by atoms with E-state index in [0.29, 0.717) is 0 Å². The van der Waals surface area contributed by atoms with Crippen molar-refractivity contribution in [2.45, 2.75) is 0 Å². The van der Waals surface area contributed by atoms with Crippen molar-refractivity contribution < 1.29 is 0 Å². The van der Waals surface area contributed by atoms with Crippen LogP contribution < -0.4 is 4.90 Å². The average Bonchev–Trinajstić information content (AvgIpc) is 3.78. The minimum absolute atomic E-state index is 1.09. The first-order valence-electron chi connectivity index (χ1n) is 22.7. The van der Waals surface area contributed by atoms with Crippen molar-refractivity contribution in [3.05, 3.63) is 249 Å². The van der Waals surface area contributed by atoms with Crippen LogP contribution >= 0.6 is 11.3 Å². The predicted octanol–water partition coefficient (Wildman–Crippen LogP) is 18.8. The number of hydrogen-bond donors (Lipinski definition) is 0. The van der Waals surface area contributed by atoms with Gasteiger partial charge in [-0.2, -0.15) is 0 Å². The first-order valence-corrected chi connectivity index (χ1v) is 23.5. The third-order valence-corrected chi connectivity index (χ3v) is 14.6. The summed E-state index contributed by atoms with van der Waals surface area (Å²) in [7, 11) is 0. The van der Waals surface area contributed by atoms with Crippen molar-refractivity contribution in [2.75, 3.05) is 4.90 Å². The molecule has 0 saturated carbocycles. The number of hydrogen-bond acceptors (Lipinski definition) is 2. The monoisotopic (exact) mass is 855 g/mol. The number of rotatable bonds is 7. The summed E-state index contributed by atoms with van der Waals surface area (Å²) in [5.74, 6) is 0. The molecule has 1 aromatic heterocycles. The second-order valence-corrected chi connectivity index (χ2v) is 18.2. The standard InChI is InChI=1S/C64H41NS/c1-3-18-43(19-4-1)62-57-29-10-9-27-53(57)54-37-36-46(41-59(54)63(62)44-20-5-2-6-21-44)45-22-13-24-48(39-45)65(60-33-16-31-52-50-26-8-7-17-42(50)35-38-55(52)60)49-25-14-23-47(40-49)51-30-15-32-58-56-28-11-12-34-61(56)66-64(51)58/h1-41H. The molecule has 0 aliphatic carbocycles. The summed E-state index contributed by atoms with van der Waals surface area (Å²) in [6.07, 6.45) is 0. The highest BCUT2D eigenvalue weighted by Crippen LogP contribution is 2.48. The van der Waals surface area contributed by atoms with E-state index in [1.54, 1.807) is 0 Å². The Hall–Kier alpha value is -8.30. The Morgan fingerprint density at radius 3 is 1.58 bits per heavy atom. The molecule has 12 aromatic carbocycles. The maximum atomic E-state index is 2.46. The van der Waals surface area contributed by atoms with Crippen LogP contribution in [0, 0.1) is 0 Å². The Balaban J connectivity index is 1.03. The van der Waals surface area contributed by atoms with E-state index >= 15 is 0 Å². The van der Waals surface area contributed by atoms with Gasteiger partial charge in [0.1, 0.15) is 0 Å². The fourth-order valence-electron chi connectivity index (χ4n) is 10.4. The van der Waals surface area contributed by atoms with Gasteiger partial charge in [0, 0.05) is 36.9 Å². The zero-order valence-electron chi connectivity index (χ0n) is 36.0. The molecule has 0 amide bonds. The minimum atomic E-state index is 1.09. The molecule has 0 fully saturated rings. The van der Waals surface area contributed by atoms with Gasteiger partial charge < -0.3 is 4.90 Å². The van der Waals surface area contributed by atoms with E-state index in [0.717, 1.165) is 22.6 Å². The van der Waals surface area contributed by atoms with Crippen LogP contribution in [0.5, 0.6) is 0 Å². The van der Waals surface area contributed by atoms with Gasteiger partial charge in [-0.05, 0) is 125 Å². The van der Waals surface area contributed by atoms with Gasteiger partial charge in [0.15, 0.2) is 0 Å². The fourth-order valence-corrected chi connectivity index (χ4v) is 11.7. The maximum Gasteiger partial charge on any atom is 0.0540 e. The zero-order valence-corrected chi connectivity index (χ0v) is 36.8. The SMILES string of the molecule is c1ccc(-c2c(-c3ccccc3)c3cc(-c4cccc(N(c5cccc(-c6cccc7c6sc6ccccc67)c5)c5cccc6c5ccc5ccccc56)c4)ccc3c3ccccc23)cc1. The lowest BCUT2D eigenvalue weighted by atomic mass is 9.84. The van der Waals surface area contributed by atoms with E-state index in [-0.39, 0.29) is 0 Å². The molecule has 0 atom stereocenters. The summed E-state index contributed by atoms with van der Waals surface area (Å²) in [5.41, 5.74) is 13.0. The van der Waals surface area contributed by atoms with Gasteiger partial charge in [0.25, 0.3) is 0 Å². The van der Waals surface area contributed by atoms with E-state index in [1.807, 2.05) is 11.3 Å². The number of nitrogens with zero attached hydrogens (tertiary/aromatic N) is 1. The Morgan fingerprint density at radius 1 is 0.273 bits per heavy atom. The Bertz CT molecular complexity index is 4000. The zero-order chi connectivity index (χ0) is 43.6. The van der Waals surface area contributed by atoms with Gasteiger partial charge in [0.2, 0.25) is 0 Å². The molecule has 0 N–H and O–H groups in total. The molecule has 13 rings (SSSR count). The molecular weight excluding hydrogens is 815 g/mol. The summed E-state index contributed by atoms with van der Waals surface area (Å²) in [4.78, 5) is 2.46. The van der Waals surface area contributed by atoms with E-state index < -0.39 is 0 Å². The molecule has 0 bridgehead atoms. The van der Waals surface area contributed by atoms with Crippen molar-refractivity contribution in [3.8, 4) is 44.5 Å². The molecule has 0 radical (unpaired) electrons. The highest BCUT2D eigenvalue weighted by molar-refractivity contribution is 7.26. The van der Waals surface area contributed by atoms with Crippen LogP contribution in [0.15, 0.2) is 249 Å². The number of benzene rings is 12.